The molecule has 0 bridgehead atoms. The molecule has 4 rings (SSSR count). The van der Waals surface area contributed by atoms with Gasteiger partial charge in [0.2, 0.25) is 0 Å². The number of carbonyl (C=O) groups is 1. The topological polar surface area (TPSA) is 46.1 Å². The van der Waals surface area contributed by atoms with Crippen molar-refractivity contribution in [3.63, 3.8) is 0 Å². The summed E-state index contributed by atoms with van der Waals surface area (Å²) in [6.45, 7) is 0.185. The Labute approximate surface area is 174 Å². The van der Waals surface area contributed by atoms with Gasteiger partial charge in [-0.1, -0.05) is 40.6 Å². The second-order valence-electron chi connectivity index (χ2n) is 5.95. The highest BCUT2D eigenvalue weighted by molar-refractivity contribution is 7.22. The van der Waals surface area contributed by atoms with E-state index in [1.54, 1.807) is 30.5 Å². The van der Waals surface area contributed by atoms with Crippen LogP contribution in [0.2, 0.25) is 10.0 Å². The molecular weight excluding hydrogens is 420 g/mol. The van der Waals surface area contributed by atoms with Crippen LogP contribution in [0.1, 0.15) is 16.1 Å². The Bertz CT molecular complexity index is 1170. The van der Waals surface area contributed by atoms with Crippen LogP contribution in [0.15, 0.2) is 60.8 Å². The molecule has 0 saturated carbocycles. The summed E-state index contributed by atoms with van der Waals surface area (Å²) in [5.74, 6) is -0.721. The third-order valence-corrected chi connectivity index (χ3v) is 5.63. The Morgan fingerprint density at radius 2 is 1.96 bits per heavy atom. The van der Waals surface area contributed by atoms with E-state index in [-0.39, 0.29) is 28.9 Å². The molecule has 0 radical (unpaired) electrons. The van der Waals surface area contributed by atoms with E-state index in [1.807, 2.05) is 12.1 Å². The minimum absolute atomic E-state index is 0.185. The third-order valence-electron chi connectivity index (χ3n) is 4.02. The van der Waals surface area contributed by atoms with Crippen LogP contribution in [-0.2, 0) is 6.54 Å². The molecule has 2 aromatic heterocycles. The summed E-state index contributed by atoms with van der Waals surface area (Å²) in [7, 11) is 0. The molecule has 4 aromatic rings. The molecule has 0 aliphatic carbocycles. The van der Waals surface area contributed by atoms with Crippen molar-refractivity contribution in [3.8, 4) is 0 Å². The molecule has 2 aromatic carbocycles. The molecule has 1 amide bonds. The first-order valence-electron chi connectivity index (χ1n) is 8.24. The molecule has 28 heavy (non-hydrogen) atoms. The highest BCUT2D eigenvalue weighted by Crippen LogP contribution is 2.32. The van der Waals surface area contributed by atoms with E-state index in [1.165, 1.54) is 34.4 Å². The van der Waals surface area contributed by atoms with E-state index in [0.29, 0.717) is 26.1 Å². The standard InChI is InChI=1S/C20H12Cl2FN3OS/c21-12-4-6-16(22)15(9-12)19(27)26(11-14-3-1-2-8-24-14)20-25-17-7-5-13(23)10-18(17)28-20/h1-10H,11H2. The van der Waals surface area contributed by atoms with Gasteiger partial charge in [0.1, 0.15) is 5.82 Å². The van der Waals surface area contributed by atoms with E-state index in [4.69, 9.17) is 23.2 Å². The van der Waals surface area contributed by atoms with Crippen molar-refractivity contribution in [1.82, 2.24) is 9.97 Å². The van der Waals surface area contributed by atoms with Crippen LogP contribution in [0.5, 0.6) is 0 Å². The summed E-state index contributed by atoms with van der Waals surface area (Å²) in [6.07, 6.45) is 1.65. The quantitative estimate of drug-likeness (QED) is 0.398. The van der Waals surface area contributed by atoms with E-state index in [2.05, 4.69) is 9.97 Å². The van der Waals surface area contributed by atoms with Crippen molar-refractivity contribution in [1.29, 1.82) is 0 Å². The lowest BCUT2D eigenvalue weighted by atomic mass is 10.2. The zero-order valence-corrected chi connectivity index (χ0v) is 16.6. The van der Waals surface area contributed by atoms with Gasteiger partial charge in [-0.3, -0.25) is 14.7 Å². The van der Waals surface area contributed by atoms with E-state index in [9.17, 15) is 9.18 Å². The summed E-state index contributed by atoms with van der Waals surface area (Å²) in [6, 6.07) is 14.5. The average molecular weight is 432 g/mol. The number of anilines is 1. The van der Waals surface area contributed by atoms with Gasteiger partial charge in [-0.25, -0.2) is 9.37 Å². The number of fused-ring (bicyclic) bond motifs is 1. The third kappa shape index (κ3) is 3.85. The van der Waals surface area contributed by atoms with Gasteiger partial charge in [0, 0.05) is 11.2 Å². The van der Waals surface area contributed by atoms with E-state index >= 15 is 0 Å². The summed E-state index contributed by atoms with van der Waals surface area (Å²) in [4.78, 5) is 23.6. The number of hydrogen-bond acceptors (Lipinski definition) is 4. The SMILES string of the molecule is O=C(c1cc(Cl)ccc1Cl)N(Cc1ccccn1)c1nc2ccc(F)cc2s1. The highest BCUT2D eigenvalue weighted by Gasteiger charge is 2.24. The maximum absolute atomic E-state index is 13.6. The molecule has 8 heteroatoms. The fourth-order valence-electron chi connectivity index (χ4n) is 2.69. The Hall–Kier alpha value is -2.54. The number of amides is 1. The van der Waals surface area contributed by atoms with Crippen LogP contribution in [0.4, 0.5) is 9.52 Å². The highest BCUT2D eigenvalue weighted by atomic mass is 35.5. The largest absolute Gasteiger partial charge is 0.278 e. The van der Waals surface area contributed by atoms with Gasteiger partial charge in [-0.05, 0) is 48.5 Å². The van der Waals surface area contributed by atoms with E-state index < -0.39 is 0 Å². The maximum Gasteiger partial charge on any atom is 0.262 e. The summed E-state index contributed by atoms with van der Waals surface area (Å²) in [5, 5.41) is 1.11. The van der Waals surface area contributed by atoms with Crippen molar-refractivity contribution in [3.05, 3.63) is 87.9 Å². The lowest BCUT2D eigenvalue weighted by molar-refractivity contribution is 0.0985. The lowest BCUT2D eigenvalue weighted by Crippen LogP contribution is -2.31. The summed E-state index contributed by atoms with van der Waals surface area (Å²) >= 11 is 13.5. The first kappa shape index (κ1) is 18.8. The number of halogens is 3. The van der Waals surface area contributed by atoms with Gasteiger partial charge in [-0.15, -0.1) is 0 Å². The molecular formula is C20H12Cl2FN3OS. The average Bonchev–Trinajstić information content (AvgIpc) is 3.11. The van der Waals surface area contributed by atoms with Crippen LogP contribution < -0.4 is 4.90 Å². The minimum Gasteiger partial charge on any atom is -0.278 e. The minimum atomic E-state index is -0.363. The van der Waals surface area contributed by atoms with Crippen LogP contribution in [0.3, 0.4) is 0 Å². The second kappa shape index (κ2) is 7.83. The maximum atomic E-state index is 13.6. The number of pyridine rings is 1. The van der Waals surface area contributed by atoms with Gasteiger partial charge in [0.15, 0.2) is 5.13 Å². The first-order valence-corrected chi connectivity index (χ1v) is 9.81. The van der Waals surface area contributed by atoms with Crippen molar-refractivity contribution in [2.75, 3.05) is 4.90 Å². The molecule has 0 aliphatic rings. The molecule has 2 heterocycles. The van der Waals surface area contributed by atoms with Gasteiger partial charge < -0.3 is 0 Å². The molecule has 4 nitrogen and oxygen atoms in total. The van der Waals surface area contributed by atoms with Gasteiger partial charge in [0.25, 0.3) is 5.91 Å². The molecule has 0 spiro atoms. The van der Waals surface area contributed by atoms with E-state index in [0.717, 1.165) is 0 Å². The smallest absolute Gasteiger partial charge is 0.262 e. The molecule has 0 N–H and O–H groups in total. The zero-order valence-electron chi connectivity index (χ0n) is 14.3. The van der Waals surface area contributed by atoms with Crippen LogP contribution in [0.25, 0.3) is 10.2 Å². The molecule has 140 valence electrons. The number of thiazole rings is 1. The number of carbonyl (C=O) groups excluding carboxylic acids is 1. The first-order chi connectivity index (χ1) is 13.5. The predicted molar refractivity (Wildman–Crippen MR) is 111 cm³/mol. The van der Waals surface area contributed by atoms with Crippen molar-refractivity contribution >= 4 is 55.8 Å². The normalized spacial score (nSPS) is 11.0. The second-order valence-corrected chi connectivity index (χ2v) is 7.80. The Morgan fingerprint density at radius 1 is 1.11 bits per heavy atom. The van der Waals surface area contributed by atoms with Gasteiger partial charge >= 0.3 is 0 Å². The van der Waals surface area contributed by atoms with Gasteiger partial charge in [-0.2, -0.15) is 0 Å². The van der Waals surface area contributed by atoms with Crippen LogP contribution in [0, 0.1) is 5.82 Å². The van der Waals surface area contributed by atoms with Crippen molar-refractivity contribution in [2.45, 2.75) is 6.54 Å². The molecule has 0 atom stereocenters. The summed E-state index contributed by atoms with van der Waals surface area (Å²) < 4.78 is 14.2. The fourth-order valence-corrected chi connectivity index (χ4v) is 4.05. The Morgan fingerprint density at radius 3 is 2.75 bits per heavy atom. The predicted octanol–water partition coefficient (Wildman–Crippen LogP) is 5.98. The Balaban J connectivity index is 1.80. The summed E-state index contributed by atoms with van der Waals surface area (Å²) in [5.41, 5.74) is 1.55. The molecule has 0 unspecified atom stereocenters. The number of hydrogen-bond donors (Lipinski definition) is 0. The van der Waals surface area contributed by atoms with Crippen LogP contribution >= 0.6 is 34.5 Å². The van der Waals surface area contributed by atoms with Gasteiger partial charge in [0.05, 0.1) is 33.0 Å². The molecule has 0 saturated heterocycles. The molecule has 0 fully saturated rings. The van der Waals surface area contributed by atoms with Crippen molar-refractivity contribution in [2.24, 2.45) is 0 Å². The number of benzene rings is 2. The number of rotatable bonds is 4. The Kier molecular flexibility index (Phi) is 5.26. The monoisotopic (exact) mass is 431 g/mol. The van der Waals surface area contributed by atoms with Crippen molar-refractivity contribution < 1.29 is 9.18 Å². The lowest BCUT2D eigenvalue weighted by Gasteiger charge is -2.20. The number of nitrogens with zero attached hydrogens (tertiary/aromatic N) is 3. The van der Waals surface area contributed by atoms with Crippen LogP contribution in [-0.4, -0.2) is 15.9 Å². The zero-order chi connectivity index (χ0) is 19.7. The number of aromatic nitrogens is 2. The molecule has 0 aliphatic heterocycles. The fraction of sp³-hybridized carbons (Fsp3) is 0.0500.